The van der Waals surface area contributed by atoms with Gasteiger partial charge in [-0.2, -0.15) is 5.10 Å². The number of nitrogens with one attached hydrogen (secondary N) is 1. The molecule has 0 fully saturated rings. The molecule has 1 aromatic carbocycles. The number of amides is 2. The number of aromatic nitrogens is 3. The van der Waals surface area contributed by atoms with Gasteiger partial charge in [0.25, 0.3) is 0 Å². The van der Waals surface area contributed by atoms with Gasteiger partial charge in [0.1, 0.15) is 11.0 Å². The smallest absolute Gasteiger partial charge is 0.354 e. The first-order valence-corrected chi connectivity index (χ1v) is 12.8. The number of nitrogens with two attached hydrogens (primary N) is 1. The topological polar surface area (TPSA) is 134 Å². The molecule has 2 amide bonds. The molecule has 2 aliphatic rings. The predicted molar refractivity (Wildman–Crippen MR) is 127 cm³/mol. The number of urea groups is 1. The number of aryl methyl sites for hydroxylation is 1. The monoisotopic (exact) mass is 482 g/mol. The number of anilines is 1. The summed E-state index contributed by atoms with van der Waals surface area (Å²) in [5.74, 6) is 0.787. The Labute approximate surface area is 197 Å². The summed E-state index contributed by atoms with van der Waals surface area (Å²) in [7, 11) is -3.57. The van der Waals surface area contributed by atoms with E-state index in [0.29, 0.717) is 24.7 Å². The predicted octanol–water partition coefficient (Wildman–Crippen LogP) is 3.55. The van der Waals surface area contributed by atoms with Crippen LogP contribution in [0.4, 0.5) is 10.5 Å². The number of pyridine rings is 1. The minimum atomic E-state index is -3.57. The van der Waals surface area contributed by atoms with Gasteiger partial charge in [0.15, 0.2) is 9.92 Å². The molecular formula is C23H26N6O4S. The SMILES string of the molecule is CCOc1cc(-c2ccc3c(c2NC(=O)N=[S@@](N)(=O)c2cnn4c2O[C@@H](C)C4)CCC3)ccn1. The first-order chi connectivity index (χ1) is 16.4. The summed E-state index contributed by atoms with van der Waals surface area (Å²) in [6.07, 6.45) is 5.63. The molecule has 10 nitrogen and oxygen atoms in total. The molecule has 0 bridgehead atoms. The van der Waals surface area contributed by atoms with E-state index in [0.717, 1.165) is 36.0 Å². The molecule has 3 heterocycles. The van der Waals surface area contributed by atoms with Crippen LogP contribution in [0.15, 0.2) is 45.9 Å². The third kappa shape index (κ3) is 4.12. The van der Waals surface area contributed by atoms with Crippen LogP contribution in [0.5, 0.6) is 11.8 Å². The quantitative estimate of drug-likeness (QED) is 0.571. The zero-order valence-electron chi connectivity index (χ0n) is 19.0. The average Bonchev–Trinajstić information content (AvgIpc) is 3.49. The number of ether oxygens (including phenoxy) is 2. The number of hydrogen-bond donors (Lipinski definition) is 2. The molecule has 2 aromatic heterocycles. The Bertz CT molecular complexity index is 1390. The van der Waals surface area contributed by atoms with Crippen molar-refractivity contribution in [3.05, 3.63) is 47.8 Å². The van der Waals surface area contributed by atoms with E-state index in [1.807, 2.05) is 32.0 Å². The van der Waals surface area contributed by atoms with Gasteiger partial charge in [-0.1, -0.05) is 12.1 Å². The van der Waals surface area contributed by atoms with Gasteiger partial charge in [0.05, 0.1) is 25.0 Å². The van der Waals surface area contributed by atoms with E-state index < -0.39 is 15.9 Å². The number of rotatable bonds is 5. The fourth-order valence-electron chi connectivity index (χ4n) is 4.43. The second kappa shape index (κ2) is 8.73. The maximum absolute atomic E-state index is 13.2. The molecule has 1 aliphatic carbocycles. The zero-order valence-corrected chi connectivity index (χ0v) is 19.8. The van der Waals surface area contributed by atoms with Gasteiger partial charge in [-0.25, -0.2) is 23.8 Å². The lowest BCUT2D eigenvalue weighted by atomic mass is 9.98. The van der Waals surface area contributed by atoms with E-state index >= 15 is 0 Å². The molecule has 0 saturated carbocycles. The van der Waals surface area contributed by atoms with Crippen molar-refractivity contribution in [3.8, 4) is 22.9 Å². The van der Waals surface area contributed by atoms with Gasteiger partial charge in [0.2, 0.25) is 11.8 Å². The highest BCUT2D eigenvalue weighted by Gasteiger charge is 2.29. The van der Waals surface area contributed by atoms with E-state index in [1.165, 1.54) is 11.8 Å². The zero-order chi connectivity index (χ0) is 23.9. The lowest BCUT2D eigenvalue weighted by Crippen LogP contribution is -2.19. The van der Waals surface area contributed by atoms with E-state index in [2.05, 4.69) is 25.8 Å². The van der Waals surface area contributed by atoms with Crippen LogP contribution in [-0.2, 0) is 29.3 Å². The highest BCUT2D eigenvalue weighted by atomic mass is 32.2. The van der Waals surface area contributed by atoms with Crippen LogP contribution in [0.1, 0.15) is 31.4 Å². The number of carbonyl (C=O) groups excluding carboxylic acids is 1. The van der Waals surface area contributed by atoms with Gasteiger partial charge in [0, 0.05) is 17.8 Å². The first-order valence-electron chi connectivity index (χ1n) is 11.2. The van der Waals surface area contributed by atoms with Crippen LogP contribution in [0.25, 0.3) is 11.1 Å². The van der Waals surface area contributed by atoms with Gasteiger partial charge in [-0.3, -0.25) is 0 Å². The lowest BCUT2D eigenvalue weighted by Gasteiger charge is -2.16. The Morgan fingerprint density at radius 2 is 2.24 bits per heavy atom. The second-order valence-electron chi connectivity index (χ2n) is 8.31. The third-order valence-electron chi connectivity index (χ3n) is 5.89. The fraction of sp³-hybridized carbons (Fsp3) is 0.348. The van der Waals surface area contributed by atoms with Crippen molar-refractivity contribution in [1.82, 2.24) is 14.8 Å². The van der Waals surface area contributed by atoms with Crippen molar-refractivity contribution in [2.45, 2.75) is 50.7 Å². The van der Waals surface area contributed by atoms with E-state index in [1.54, 1.807) is 10.9 Å². The molecule has 2 atom stereocenters. The number of benzene rings is 1. The minimum Gasteiger partial charge on any atom is -0.478 e. The number of carbonyl (C=O) groups is 1. The number of hydrogen-bond acceptors (Lipinski definition) is 6. The Balaban J connectivity index is 1.51. The Kier molecular flexibility index (Phi) is 5.74. The van der Waals surface area contributed by atoms with Crippen molar-refractivity contribution in [1.29, 1.82) is 0 Å². The van der Waals surface area contributed by atoms with Crippen LogP contribution in [0.3, 0.4) is 0 Å². The summed E-state index contributed by atoms with van der Waals surface area (Å²) in [5.41, 5.74) is 4.50. The summed E-state index contributed by atoms with van der Waals surface area (Å²) < 4.78 is 29.8. The molecule has 0 saturated heterocycles. The minimum absolute atomic E-state index is 0.112. The van der Waals surface area contributed by atoms with Crippen LogP contribution < -0.4 is 19.9 Å². The van der Waals surface area contributed by atoms with E-state index in [-0.39, 0.29) is 16.9 Å². The summed E-state index contributed by atoms with van der Waals surface area (Å²) >= 11 is 0. The van der Waals surface area contributed by atoms with Crippen LogP contribution >= 0.6 is 0 Å². The van der Waals surface area contributed by atoms with Crippen molar-refractivity contribution in [3.63, 3.8) is 0 Å². The number of fused-ring (bicyclic) bond motifs is 2. The molecule has 5 rings (SSSR count). The molecule has 11 heteroatoms. The van der Waals surface area contributed by atoms with E-state index in [9.17, 15) is 9.00 Å². The van der Waals surface area contributed by atoms with E-state index in [4.69, 9.17) is 14.6 Å². The second-order valence-corrected chi connectivity index (χ2v) is 10.1. The normalized spacial score (nSPS) is 17.9. The molecule has 1 aliphatic heterocycles. The number of nitrogens with zero attached hydrogens (tertiary/aromatic N) is 4. The molecule has 178 valence electrons. The molecule has 0 radical (unpaired) electrons. The summed E-state index contributed by atoms with van der Waals surface area (Å²) in [6.45, 7) is 4.78. The maximum atomic E-state index is 13.2. The van der Waals surface area contributed by atoms with Gasteiger partial charge < -0.3 is 14.8 Å². The maximum Gasteiger partial charge on any atom is 0.354 e. The van der Waals surface area contributed by atoms with Crippen molar-refractivity contribution in [2.75, 3.05) is 11.9 Å². The molecule has 3 aromatic rings. The summed E-state index contributed by atoms with van der Waals surface area (Å²) in [6, 6.07) is 6.93. The summed E-state index contributed by atoms with van der Waals surface area (Å²) in [4.78, 5) is 17.3. The molecule has 0 spiro atoms. The van der Waals surface area contributed by atoms with Crippen molar-refractivity contribution < 1.29 is 18.5 Å². The summed E-state index contributed by atoms with van der Waals surface area (Å²) in [5, 5.41) is 13.0. The third-order valence-corrected chi connectivity index (χ3v) is 7.24. The fourth-order valence-corrected chi connectivity index (χ4v) is 5.43. The van der Waals surface area contributed by atoms with Crippen LogP contribution in [0, 0.1) is 0 Å². The molecular weight excluding hydrogens is 456 g/mol. The van der Waals surface area contributed by atoms with Gasteiger partial charge in [-0.15, -0.1) is 4.36 Å². The van der Waals surface area contributed by atoms with Crippen molar-refractivity contribution >= 4 is 21.6 Å². The highest BCUT2D eigenvalue weighted by molar-refractivity contribution is 7.91. The Hall–Kier alpha value is -3.44. The largest absolute Gasteiger partial charge is 0.478 e. The van der Waals surface area contributed by atoms with Gasteiger partial charge >= 0.3 is 6.03 Å². The molecule has 0 unspecified atom stereocenters. The molecule has 3 N–H and O–H groups in total. The van der Waals surface area contributed by atoms with Crippen LogP contribution in [-0.4, -0.2) is 37.7 Å². The first kappa shape index (κ1) is 22.4. The van der Waals surface area contributed by atoms with Crippen molar-refractivity contribution in [2.24, 2.45) is 9.50 Å². The highest BCUT2D eigenvalue weighted by Crippen LogP contribution is 2.38. The lowest BCUT2D eigenvalue weighted by molar-refractivity contribution is 0.248. The average molecular weight is 483 g/mol. The molecule has 34 heavy (non-hydrogen) atoms. The standard InChI is InChI=1S/C23H26N6O4S/c1-3-32-20-11-16(9-10-25-20)18-8-7-15-5-4-6-17(15)21(18)27-23(30)28-34(24,31)19-12-26-29-13-14(2)33-22(19)29/h7-12,14H,3-6,13H2,1-2H3,(H3,24,27,28,30,31)/t14-,34+/m0/s1. The Morgan fingerprint density at radius 1 is 1.38 bits per heavy atom. The van der Waals surface area contributed by atoms with Crippen LogP contribution in [0.2, 0.25) is 0 Å². The Morgan fingerprint density at radius 3 is 3.06 bits per heavy atom. The van der Waals surface area contributed by atoms with Gasteiger partial charge in [-0.05, 0) is 55.9 Å².